The van der Waals surface area contributed by atoms with Gasteiger partial charge in [0.1, 0.15) is 0 Å². The summed E-state index contributed by atoms with van der Waals surface area (Å²) in [6, 6.07) is 7.25. The van der Waals surface area contributed by atoms with Gasteiger partial charge >= 0.3 is 0 Å². The quantitative estimate of drug-likeness (QED) is 0.763. The normalized spacial score (nSPS) is 14.3. The van der Waals surface area contributed by atoms with Crippen molar-refractivity contribution < 1.29 is 8.42 Å². The summed E-state index contributed by atoms with van der Waals surface area (Å²) in [4.78, 5) is 0.417. The van der Waals surface area contributed by atoms with Crippen LogP contribution >= 0.6 is 0 Å². The zero-order valence-corrected chi connectivity index (χ0v) is 12.4. The molecule has 1 rings (SSSR count). The number of sulfone groups is 1. The lowest BCUT2D eigenvalue weighted by molar-refractivity contribution is 0.587. The summed E-state index contributed by atoms with van der Waals surface area (Å²) in [6.45, 7) is 7.57. The smallest absolute Gasteiger partial charge is 0.180 e. The first-order valence-electron chi connectivity index (χ1n) is 6.33. The molecule has 2 nitrogen and oxygen atoms in total. The molecule has 0 spiro atoms. The lowest BCUT2D eigenvalue weighted by Gasteiger charge is -2.10. The van der Waals surface area contributed by atoms with E-state index in [4.69, 9.17) is 0 Å². The Morgan fingerprint density at radius 3 is 2.11 bits per heavy atom. The highest BCUT2D eigenvalue weighted by Crippen LogP contribution is 2.18. The third-order valence-corrected chi connectivity index (χ3v) is 5.12. The van der Waals surface area contributed by atoms with Crippen molar-refractivity contribution in [3.8, 4) is 0 Å². The molecule has 0 aliphatic rings. The Kier molecular flexibility index (Phi) is 5.15. The van der Waals surface area contributed by atoms with Crippen LogP contribution in [0.1, 0.15) is 33.3 Å². The molecule has 0 aliphatic carbocycles. The maximum Gasteiger partial charge on any atom is 0.180 e. The maximum atomic E-state index is 12.0. The standard InChI is InChI=1S/C15H22O2S/c1-5-6-13(4)11-14-7-9-15(10-8-14)18(16,17)12(2)3/h5-10,12-13H,11H2,1-4H3/b6-5-. The third-order valence-electron chi connectivity index (χ3n) is 2.95. The monoisotopic (exact) mass is 266 g/mol. The van der Waals surface area contributed by atoms with Crippen molar-refractivity contribution in [2.75, 3.05) is 0 Å². The number of allylic oxidation sites excluding steroid dienone is 2. The van der Waals surface area contributed by atoms with E-state index >= 15 is 0 Å². The highest BCUT2D eigenvalue weighted by atomic mass is 32.2. The highest BCUT2D eigenvalue weighted by molar-refractivity contribution is 7.92. The molecule has 0 radical (unpaired) electrons. The van der Waals surface area contributed by atoms with Gasteiger partial charge in [0.2, 0.25) is 0 Å². The first-order valence-corrected chi connectivity index (χ1v) is 7.88. The van der Waals surface area contributed by atoms with Crippen molar-refractivity contribution in [3.05, 3.63) is 42.0 Å². The van der Waals surface area contributed by atoms with Crippen LogP contribution in [-0.2, 0) is 16.3 Å². The van der Waals surface area contributed by atoms with Crippen molar-refractivity contribution in [1.29, 1.82) is 0 Å². The van der Waals surface area contributed by atoms with Crippen LogP contribution in [0, 0.1) is 5.92 Å². The first kappa shape index (κ1) is 15.0. The van der Waals surface area contributed by atoms with Gasteiger partial charge in [-0.25, -0.2) is 8.42 Å². The Hall–Kier alpha value is -1.09. The Labute approximate surface area is 111 Å². The van der Waals surface area contributed by atoms with Crippen LogP contribution in [0.15, 0.2) is 41.3 Å². The molecule has 0 aliphatic heterocycles. The molecule has 1 atom stereocenters. The fraction of sp³-hybridized carbons (Fsp3) is 0.467. The second-order valence-corrected chi connectivity index (χ2v) is 7.45. The Morgan fingerprint density at radius 1 is 1.11 bits per heavy atom. The fourth-order valence-electron chi connectivity index (χ4n) is 1.86. The van der Waals surface area contributed by atoms with Crippen molar-refractivity contribution in [3.63, 3.8) is 0 Å². The van der Waals surface area contributed by atoms with Gasteiger partial charge in [0, 0.05) is 0 Å². The molecule has 0 saturated carbocycles. The van der Waals surface area contributed by atoms with Gasteiger partial charge in [-0.15, -0.1) is 0 Å². The van der Waals surface area contributed by atoms with Gasteiger partial charge in [0.05, 0.1) is 10.1 Å². The molecular weight excluding hydrogens is 244 g/mol. The van der Waals surface area contributed by atoms with Gasteiger partial charge in [-0.3, -0.25) is 0 Å². The molecule has 100 valence electrons. The van der Waals surface area contributed by atoms with E-state index in [2.05, 4.69) is 13.0 Å². The predicted octanol–water partition coefficient (Wildman–Crippen LogP) is 3.62. The average molecular weight is 266 g/mol. The molecule has 0 fully saturated rings. The summed E-state index contributed by atoms with van der Waals surface area (Å²) in [6.07, 6.45) is 5.13. The number of benzene rings is 1. The molecule has 1 unspecified atom stereocenters. The van der Waals surface area contributed by atoms with E-state index in [0.717, 1.165) is 6.42 Å². The molecule has 0 N–H and O–H groups in total. The van der Waals surface area contributed by atoms with Crippen molar-refractivity contribution in [2.24, 2.45) is 5.92 Å². The van der Waals surface area contributed by atoms with Gasteiger partial charge in [-0.05, 0) is 50.8 Å². The van der Waals surface area contributed by atoms with Crippen LogP contribution in [0.2, 0.25) is 0 Å². The van der Waals surface area contributed by atoms with Crippen molar-refractivity contribution >= 4 is 9.84 Å². The number of hydrogen-bond acceptors (Lipinski definition) is 2. The molecule has 0 aromatic heterocycles. The van der Waals surface area contributed by atoms with E-state index in [1.54, 1.807) is 26.0 Å². The highest BCUT2D eigenvalue weighted by Gasteiger charge is 2.18. The summed E-state index contributed by atoms with van der Waals surface area (Å²) >= 11 is 0. The van der Waals surface area contributed by atoms with Gasteiger partial charge in [-0.1, -0.05) is 31.2 Å². The molecule has 1 aromatic carbocycles. The van der Waals surface area contributed by atoms with E-state index < -0.39 is 9.84 Å². The van der Waals surface area contributed by atoms with Gasteiger partial charge in [0.25, 0.3) is 0 Å². The van der Waals surface area contributed by atoms with E-state index in [1.807, 2.05) is 25.1 Å². The molecule has 0 amide bonds. The molecule has 1 aromatic rings. The van der Waals surface area contributed by atoms with Gasteiger partial charge in [-0.2, -0.15) is 0 Å². The number of hydrogen-bond donors (Lipinski definition) is 0. The minimum Gasteiger partial charge on any atom is -0.223 e. The van der Waals surface area contributed by atoms with Crippen LogP contribution in [0.3, 0.4) is 0 Å². The summed E-state index contributed by atoms with van der Waals surface area (Å²) in [7, 11) is -3.15. The second-order valence-electron chi connectivity index (χ2n) is 4.94. The van der Waals surface area contributed by atoms with Crippen LogP contribution in [0.5, 0.6) is 0 Å². The van der Waals surface area contributed by atoms with E-state index in [1.165, 1.54) is 5.56 Å². The van der Waals surface area contributed by atoms with Gasteiger partial charge in [0.15, 0.2) is 9.84 Å². The van der Waals surface area contributed by atoms with Crippen LogP contribution in [0.25, 0.3) is 0 Å². The summed E-state index contributed by atoms with van der Waals surface area (Å²) in [5.41, 5.74) is 1.17. The molecule has 0 saturated heterocycles. The van der Waals surface area contributed by atoms with E-state index in [9.17, 15) is 8.42 Å². The summed E-state index contributed by atoms with van der Waals surface area (Å²) in [5, 5.41) is -0.370. The zero-order chi connectivity index (χ0) is 13.8. The minimum atomic E-state index is -3.15. The molecule has 0 heterocycles. The Bertz CT molecular complexity index is 496. The predicted molar refractivity (Wildman–Crippen MR) is 76.4 cm³/mol. The fourth-order valence-corrected chi connectivity index (χ4v) is 2.92. The van der Waals surface area contributed by atoms with Crippen LogP contribution < -0.4 is 0 Å². The lowest BCUT2D eigenvalue weighted by Crippen LogP contribution is -2.13. The SMILES string of the molecule is C/C=C\C(C)Cc1ccc(S(=O)(=O)C(C)C)cc1. The average Bonchev–Trinajstić information content (AvgIpc) is 2.29. The third kappa shape index (κ3) is 3.70. The topological polar surface area (TPSA) is 34.1 Å². The first-order chi connectivity index (χ1) is 8.37. The molecule has 3 heteroatoms. The molecule has 18 heavy (non-hydrogen) atoms. The Morgan fingerprint density at radius 2 is 1.67 bits per heavy atom. The molecule has 0 bridgehead atoms. The van der Waals surface area contributed by atoms with E-state index in [-0.39, 0.29) is 5.25 Å². The minimum absolute atomic E-state index is 0.370. The van der Waals surface area contributed by atoms with Crippen molar-refractivity contribution in [2.45, 2.75) is 44.3 Å². The van der Waals surface area contributed by atoms with Crippen LogP contribution in [0.4, 0.5) is 0 Å². The van der Waals surface area contributed by atoms with E-state index in [0.29, 0.717) is 10.8 Å². The maximum absolute atomic E-state index is 12.0. The summed E-state index contributed by atoms with van der Waals surface area (Å²) < 4.78 is 23.9. The Balaban J connectivity index is 2.87. The summed E-state index contributed by atoms with van der Waals surface area (Å²) in [5.74, 6) is 0.475. The lowest BCUT2D eigenvalue weighted by atomic mass is 10.0. The van der Waals surface area contributed by atoms with Gasteiger partial charge < -0.3 is 0 Å². The zero-order valence-electron chi connectivity index (χ0n) is 11.6. The van der Waals surface area contributed by atoms with Crippen molar-refractivity contribution in [1.82, 2.24) is 0 Å². The largest absolute Gasteiger partial charge is 0.223 e. The second kappa shape index (κ2) is 6.19. The van der Waals surface area contributed by atoms with Crippen LogP contribution in [-0.4, -0.2) is 13.7 Å². The molecular formula is C15H22O2S. The number of rotatable bonds is 5.